The highest BCUT2D eigenvalue weighted by Gasteiger charge is 2.21. The average Bonchev–Trinajstić information content (AvgIpc) is 3.28. The Hall–Kier alpha value is -3.91. The maximum absolute atomic E-state index is 13.6. The summed E-state index contributed by atoms with van der Waals surface area (Å²) in [5.74, 6) is 1.12. The number of para-hydroxylation sites is 1. The normalized spacial score (nSPS) is 11.3. The molecule has 0 spiro atoms. The number of ketones is 1. The van der Waals surface area contributed by atoms with E-state index in [0.717, 1.165) is 16.7 Å². The van der Waals surface area contributed by atoms with Gasteiger partial charge in [-0.05, 0) is 67.8 Å². The van der Waals surface area contributed by atoms with Crippen LogP contribution >= 0.6 is 11.8 Å². The minimum atomic E-state index is -0.216. The van der Waals surface area contributed by atoms with Crippen LogP contribution in [0.15, 0.2) is 70.6 Å². The predicted molar refractivity (Wildman–Crippen MR) is 138 cm³/mol. The molecule has 0 N–H and O–H groups in total. The molecule has 2 aromatic heterocycles. The molecule has 5 rings (SSSR count). The van der Waals surface area contributed by atoms with Gasteiger partial charge in [-0.1, -0.05) is 42.1 Å². The van der Waals surface area contributed by atoms with Crippen LogP contribution in [-0.2, 0) is 0 Å². The van der Waals surface area contributed by atoms with Gasteiger partial charge in [0.25, 0.3) is 5.56 Å². The van der Waals surface area contributed by atoms with Gasteiger partial charge in [0.15, 0.2) is 10.9 Å². The highest BCUT2D eigenvalue weighted by molar-refractivity contribution is 7.99. The summed E-state index contributed by atoms with van der Waals surface area (Å²) in [5.41, 5.74) is 4.93. The first kappa shape index (κ1) is 22.9. The van der Waals surface area contributed by atoms with E-state index in [1.165, 1.54) is 16.3 Å². The number of thioether (sulfide) groups is 1. The van der Waals surface area contributed by atoms with Gasteiger partial charge >= 0.3 is 0 Å². The molecule has 0 atom stereocenters. The Morgan fingerprint density at radius 3 is 2.54 bits per heavy atom. The first-order valence-electron chi connectivity index (χ1n) is 11.2. The Morgan fingerprint density at radius 2 is 1.77 bits per heavy atom. The number of ether oxygens (including phenoxy) is 1. The fourth-order valence-electron chi connectivity index (χ4n) is 4.09. The van der Waals surface area contributed by atoms with Gasteiger partial charge in [-0.15, -0.1) is 10.2 Å². The Bertz CT molecular complexity index is 1670. The van der Waals surface area contributed by atoms with Gasteiger partial charge in [-0.3, -0.25) is 14.0 Å². The lowest BCUT2D eigenvalue weighted by Crippen LogP contribution is -2.22. The maximum atomic E-state index is 13.6. The third-order valence-electron chi connectivity index (χ3n) is 6.13. The molecular weight excluding hydrogens is 460 g/mol. The van der Waals surface area contributed by atoms with E-state index in [4.69, 9.17) is 4.74 Å². The Morgan fingerprint density at radius 1 is 0.971 bits per heavy atom. The molecule has 0 fully saturated rings. The number of rotatable bonds is 6. The largest absolute Gasteiger partial charge is 0.495 e. The van der Waals surface area contributed by atoms with Crippen molar-refractivity contribution in [3.05, 3.63) is 93.3 Å². The Kier molecular flexibility index (Phi) is 5.90. The van der Waals surface area contributed by atoms with Crippen molar-refractivity contribution in [2.45, 2.75) is 25.9 Å². The molecule has 8 heteroatoms. The molecule has 0 amide bonds. The first-order valence-corrected chi connectivity index (χ1v) is 12.1. The number of aryl methyl sites for hydroxylation is 3. The van der Waals surface area contributed by atoms with Crippen molar-refractivity contribution in [3.8, 4) is 11.4 Å². The molecule has 5 aromatic rings. The van der Waals surface area contributed by atoms with Crippen LogP contribution in [0, 0.1) is 20.8 Å². The third kappa shape index (κ3) is 4.00. The average molecular weight is 485 g/mol. The van der Waals surface area contributed by atoms with Gasteiger partial charge < -0.3 is 4.74 Å². The molecule has 0 bridgehead atoms. The van der Waals surface area contributed by atoms with E-state index in [1.54, 1.807) is 13.2 Å². The highest BCUT2D eigenvalue weighted by Crippen LogP contribution is 2.28. The van der Waals surface area contributed by atoms with Gasteiger partial charge in [-0.25, -0.2) is 4.57 Å². The van der Waals surface area contributed by atoms with Crippen LogP contribution in [0.3, 0.4) is 0 Å². The van der Waals surface area contributed by atoms with Crippen molar-refractivity contribution >= 4 is 34.2 Å². The lowest BCUT2D eigenvalue weighted by molar-refractivity contribution is 0.102. The van der Waals surface area contributed by atoms with Gasteiger partial charge in [-0.2, -0.15) is 0 Å². The van der Waals surface area contributed by atoms with Crippen molar-refractivity contribution in [2.75, 3.05) is 12.9 Å². The van der Waals surface area contributed by atoms with Crippen molar-refractivity contribution < 1.29 is 9.53 Å². The molecule has 35 heavy (non-hydrogen) atoms. The van der Waals surface area contributed by atoms with Gasteiger partial charge in [0.2, 0.25) is 5.78 Å². The number of methoxy groups -OCH3 is 1. The molecule has 0 aliphatic rings. The zero-order valence-corrected chi connectivity index (χ0v) is 20.7. The van der Waals surface area contributed by atoms with Crippen molar-refractivity contribution in [2.24, 2.45) is 0 Å². The van der Waals surface area contributed by atoms with Gasteiger partial charge in [0.05, 0.1) is 29.5 Å². The van der Waals surface area contributed by atoms with Crippen LogP contribution in [0.25, 0.3) is 22.4 Å². The highest BCUT2D eigenvalue weighted by atomic mass is 32.2. The number of aromatic nitrogens is 4. The second kappa shape index (κ2) is 9.03. The molecule has 2 heterocycles. The van der Waals surface area contributed by atoms with E-state index >= 15 is 0 Å². The molecule has 0 saturated carbocycles. The Balaban J connectivity index is 1.65. The molecule has 7 nitrogen and oxygen atoms in total. The van der Waals surface area contributed by atoms with Crippen LogP contribution in [-0.4, -0.2) is 37.8 Å². The summed E-state index contributed by atoms with van der Waals surface area (Å²) in [5, 5.41) is 9.80. The van der Waals surface area contributed by atoms with E-state index in [-0.39, 0.29) is 17.1 Å². The molecule has 0 saturated heterocycles. The number of carbonyl (C=O) groups is 1. The summed E-state index contributed by atoms with van der Waals surface area (Å²) < 4.78 is 8.91. The van der Waals surface area contributed by atoms with Gasteiger partial charge in [0.1, 0.15) is 5.75 Å². The molecule has 0 unspecified atom stereocenters. The van der Waals surface area contributed by atoms with Crippen molar-refractivity contribution in [1.82, 2.24) is 19.2 Å². The minimum Gasteiger partial charge on any atom is -0.495 e. The zero-order chi connectivity index (χ0) is 24.7. The summed E-state index contributed by atoms with van der Waals surface area (Å²) in [4.78, 5) is 26.5. The lowest BCUT2D eigenvalue weighted by Gasteiger charge is -2.14. The number of hydrogen-bond acceptors (Lipinski definition) is 6. The van der Waals surface area contributed by atoms with Crippen molar-refractivity contribution in [3.63, 3.8) is 0 Å². The van der Waals surface area contributed by atoms with E-state index in [9.17, 15) is 9.59 Å². The molecule has 3 aromatic carbocycles. The zero-order valence-electron chi connectivity index (χ0n) is 19.9. The summed E-state index contributed by atoms with van der Waals surface area (Å²) in [7, 11) is 1.57. The third-order valence-corrected chi connectivity index (χ3v) is 7.06. The topological polar surface area (TPSA) is 78.5 Å². The summed E-state index contributed by atoms with van der Waals surface area (Å²) in [6, 6.07) is 18.7. The van der Waals surface area contributed by atoms with Crippen LogP contribution < -0.4 is 10.3 Å². The van der Waals surface area contributed by atoms with Crippen LogP contribution in [0.1, 0.15) is 27.0 Å². The fourth-order valence-corrected chi connectivity index (χ4v) is 4.93. The summed E-state index contributed by atoms with van der Waals surface area (Å²) in [6.45, 7) is 5.97. The number of Topliss-reactive ketones (excluding diaryl/α,β-unsaturated/α-hetero) is 1. The van der Waals surface area contributed by atoms with Gasteiger partial charge in [0, 0.05) is 5.56 Å². The predicted octanol–water partition coefficient (Wildman–Crippen LogP) is 4.94. The lowest BCUT2D eigenvalue weighted by atomic mass is 10.0. The Labute approximate surface area is 206 Å². The van der Waals surface area contributed by atoms with E-state index < -0.39 is 0 Å². The monoisotopic (exact) mass is 484 g/mol. The van der Waals surface area contributed by atoms with Crippen molar-refractivity contribution in [1.29, 1.82) is 0 Å². The van der Waals surface area contributed by atoms with Crippen LogP contribution in [0.2, 0.25) is 0 Å². The number of hydrogen-bond donors (Lipinski definition) is 0. The number of fused-ring (bicyclic) bond motifs is 3. The van der Waals surface area contributed by atoms with Crippen LogP contribution in [0.4, 0.5) is 0 Å². The molecule has 0 radical (unpaired) electrons. The molecular formula is C27H24N4O3S. The molecule has 176 valence electrons. The number of carbonyl (C=O) groups excluding carboxylic acids is 1. The quantitative estimate of drug-likeness (QED) is 0.251. The minimum absolute atomic E-state index is 0.00725. The summed E-state index contributed by atoms with van der Waals surface area (Å²) in [6.07, 6.45) is 0. The maximum Gasteiger partial charge on any atom is 0.267 e. The molecule has 0 aliphatic heterocycles. The molecule has 0 aliphatic carbocycles. The van der Waals surface area contributed by atoms with Crippen LogP contribution in [0.5, 0.6) is 5.75 Å². The van der Waals surface area contributed by atoms with E-state index in [0.29, 0.717) is 38.8 Å². The number of nitrogens with zero attached hydrogens (tertiary/aromatic N) is 4. The number of benzene rings is 3. The first-order chi connectivity index (χ1) is 16.9. The second-order valence-corrected chi connectivity index (χ2v) is 9.40. The standard InChI is InChI=1S/C27H24N4O3S/c1-16-9-12-24(34-4)22(13-16)30-25(33)20-7-5-6-8-21(20)31-26(30)28-29-27(31)35-15-23(32)19-11-10-17(2)18(3)14-19/h5-14H,15H2,1-4H3. The van der Waals surface area contributed by atoms with E-state index in [2.05, 4.69) is 10.2 Å². The fraction of sp³-hybridized carbons (Fsp3) is 0.185. The second-order valence-electron chi connectivity index (χ2n) is 8.46. The SMILES string of the molecule is COc1ccc(C)cc1-n1c(=O)c2ccccc2n2c(SCC(=O)c3ccc(C)c(C)c3)nnc12. The smallest absolute Gasteiger partial charge is 0.267 e. The van der Waals surface area contributed by atoms with E-state index in [1.807, 2.05) is 79.8 Å². The summed E-state index contributed by atoms with van der Waals surface area (Å²) >= 11 is 1.30.